The lowest BCUT2D eigenvalue weighted by Crippen LogP contribution is -1.97. The standard InChI is InChI=1S/C14H18O/c1-5-14(15)13-8-6-12(7-9-13)11(4)10(2)3/h6-10H,4-5H2,1-3H3. The monoisotopic (exact) mass is 202 g/mol. The summed E-state index contributed by atoms with van der Waals surface area (Å²) in [6.07, 6.45) is 0.560. The number of carbonyl (C=O) groups excluding carboxylic acids is 1. The fourth-order valence-electron chi connectivity index (χ4n) is 1.41. The fraction of sp³-hybridized carbons (Fsp3) is 0.357. The molecule has 15 heavy (non-hydrogen) atoms. The molecule has 0 aromatic heterocycles. The number of allylic oxidation sites excluding steroid dienone is 1. The number of benzene rings is 1. The lowest BCUT2D eigenvalue weighted by atomic mass is 9.95. The average Bonchev–Trinajstić information content (AvgIpc) is 2.27. The van der Waals surface area contributed by atoms with Crippen molar-refractivity contribution < 1.29 is 4.79 Å². The second-order valence-electron chi connectivity index (χ2n) is 4.03. The Hall–Kier alpha value is -1.37. The zero-order valence-electron chi connectivity index (χ0n) is 9.71. The summed E-state index contributed by atoms with van der Waals surface area (Å²) in [6, 6.07) is 7.72. The summed E-state index contributed by atoms with van der Waals surface area (Å²) in [4.78, 5) is 11.4. The molecule has 1 heteroatoms. The Morgan fingerprint density at radius 1 is 1.20 bits per heavy atom. The van der Waals surface area contributed by atoms with Gasteiger partial charge < -0.3 is 0 Å². The van der Waals surface area contributed by atoms with Crippen LogP contribution in [0.15, 0.2) is 30.8 Å². The molecule has 0 aliphatic rings. The van der Waals surface area contributed by atoms with Gasteiger partial charge in [-0.3, -0.25) is 4.79 Å². The third kappa shape index (κ3) is 2.79. The van der Waals surface area contributed by atoms with E-state index >= 15 is 0 Å². The van der Waals surface area contributed by atoms with Gasteiger partial charge in [0.1, 0.15) is 0 Å². The minimum absolute atomic E-state index is 0.191. The quantitative estimate of drug-likeness (QED) is 0.676. The molecule has 80 valence electrons. The first-order valence-corrected chi connectivity index (χ1v) is 5.38. The predicted molar refractivity (Wildman–Crippen MR) is 64.9 cm³/mol. The van der Waals surface area contributed by atoms with Crippen molar-refractivity contribution in [3.63, 3.8) is 0 Å². The van der Waals surface area contributed by atoms with E-state index < -0.39 is 0 Å². The van der Waals surface area contributed by atoms with Gasteiger partial charge in [-0.2, -0.15) is 0 Å². The molecule has 0 amide bonds. The van der Waals surface area contributed by atoms with E-state index in [4.69, 9.17) is 0 Å². The van der Waals surface area contributed by atoms with Gasteiger partial charge in [-0.15, -0.1) is 0 Å². The minimum atomic E-state index is 0.191. The van der Waals surface area contributed by atoms with Crippen LogP contribution in [0.5, 0.6) is 0 Å². The first-order chi connectivity index (χ1) is 7.06. The number of ketones is 1. The molecule has 0 atom stereocenters. The van der Waals surface area contributed by atoms with Crippen LogP contribution in [0, 0.1) is 5.92 Å². The Bertz CT molecular complexity index is 357. The van der Waals surface area contributed by atoms with Crippen LogP contribution in [-0.2, 0) is 0 Å². The van der Waals surface area contributed by atoms with E-state index in [2.05, 4.69) is 20.4 Å². The molecule has 1 aromatic rings. The van der Waals surface area contributed by atoms with Gasteiger partial charge in [0.05, 0.1) is 0 Å². The van der Waals surface area contributed by atoms with Gasteiger partial charge in [0, 0.05) is 12.0 Å². The largest absolute Gasteiger partial charge is 0.294 e. The molecule has 0 N–H and O–H groups in total. The van der Waals surface area contributed by atoms with Crippen molar-refractivity contribution in [1.82, 2.24) is 0 Å². The van der Waals surface area contributed by atoms with Crippen molar-refractivity contribution in [2.24, 2.45) is 5.92 Å². The maximum absolute atomic E-state index is 11.4. The molecule has 0 unspecified atom stereocenters. The van der Waals surface area contributed by atoms with E-state index in [9.17, 15) is 4.79 Å². The Kier molecular flexibility index (Phi) is 3.84. The smallest absolute Gasteiger partial charge is 0.162 e. The molecule has 1 aromatic carbocycles. The highest BCUT2D eigenvalue weighted by Crippen LogP contribution is 2.21. The molecular weight excluding hydrogens is 184 g/mol. The summed E-state index contributed by atoms with van der Waals surface area (Å²) in [7, 11) is 0. The van der Waals surface area contributed by atoms with Crippen molar-refractivity contribution in [2.75, 3.05) is 0 Å². The maximum atomic E-state index is 11.4. The van der Waals surface area contributed by atoms with Crippen LogP contribution in [0.4, 0.5) is 0 Å². The summed E-state index contributed by atoms with van der Waals surface area (Å²) in [5.74, 6) is 0.634. The van der Waals surface area contributed by atoms with Crippen molar-refractivity contribution in [3.05, 3.63) is 42.0 Å². The molecule has 0 saturated carbocycles. The van der Waals surface area contributed by atoms with Crippen molar-refractivity contribution >= 4 is 11.4 Å². The molecule has 1 nitrogen and oxygen atoms in total. The van der Waals surface area contributed by atoms with E-state index in [0.29, 0.717) is 12.3 Å². The number of hydrogen-bond donors (Lipinski definition) is 0. The van der Waals surface area contributed by atoms with Gasteiger partial charge in [0.2, 0.25) is 0 Å². The SMILES string of the molecule is C=C(c1ccc(C(=O)CC)cc1)C(C)C. The molecule has 1 rings (SSSR count). The van der Waals surface area contributed by atoms with Crippen LogP contribution in [0.3, 0.4) is 0 Å². The normalized spacial score (nSPS) is 10.4. The average molecular weight is 202 g/mol. The molecule has 0 saturated heterocycles. The van der Waals surface area contributed by atoms with Crippen LogP contribution < -0.4 is 0 Å². The van der Waals surface area contributed by atoms with Crippen molar-refractivity contribution in [2.45, 2.75) is 27.2 Å². The highest BCUT2D eigenvalue weighted by molar-refractivity contribution is 5.96. The van der Waals surface area contributed by atoms with Crippen LogP contribution in [-0.4, -0.2) is 5.78 Å². The highest BCUT2D eigenvalue weighted by atomic mass is 16.1. The van der Waals surface area contributed by atoms with Crippen LogP contribution >= 0.6 is 0 Å². The first-order valence-electron chi connectivity index (χ1n) is 5.38. The zero-order chi connectivity index (χ0) is 11.4. The highest BCUT2D eigenvalue weighted by Gasteiger charge is 2.05. The third-order valence-corrected chi connectivity index (χ3v) is 2.60. The lowest BCUT2D eigenvalue weighted by molar-refractivity contribution is 0.0988. The summed E-state index contributed by atoms with van der Waals surface area (Å²) in [5.41, 5.74) is 3.03. The van der Waals surface area contributed by atoms with E-state index in [1.54, 1.807) is 0 Å². The molecular formula is C14H18O. The summed E-state index contributed by atoms with van der Waals surface area (Å²) < 4.78 is 0. The molecule has 0 bridgehead atoms. The van der Waals surface area contributed by atoms with E-state index in [-0.39, 0.29) is 5.78 Å². The molecule has 0 spiro atoms. The van der Waals surface area contributed by atoms with E-state index in [1.807, 2.05) is 31.2 Å². The molecule has 0 fully saturated rings. The van der Waals surface area contributed by atoms with Crippen molar-refractivity contribution in [1.29, 1.82) is 0 Å². The number of rotatable bonds is 4. The van der Waals surface area contributed by atoms with Gasteiger partial charge in [0.15, 0.2) is 5.78 Å². The van der Waals surface area contributed by atoms with Crippen LogP contribution in [0.1, 0.15) is 43.1 Å². The fourth-order valence-corrected chi connectivity index (χ4v) is 1.41. The maximum Gasteiger partial charge on any atom is 0.162 e. The summed E-state index contributed by atoms with van der Waals surface area (Å²) >= 11 is 0. The van der Waals surface area contributed by atoms with Gasteiger partial charge in [-0.1, -0.05) is 51.6 Å². The topological polar surface area (TPSA) is 17.1 Å². The number of hydrogen-bond acceptors (Lipinski definition) is 1. The third-order valence-electron chi connectivity index (χ3n) is 2.60. The van der Waals surface area contributed by atoms with Gasteiger partial charge in [-0.05, 0) is 17.1 Å². The summed E-state index contributed by atoms with van der Waals surface area (Å²) in [5, 5.41) is 0. The van der Waals surface area contributed by atoms with Gasteiger partial charge in [0.25, 0.3) is 0 Å². The molecule has 0 heterocycles. The predicted octanol–water partition coefficient (Wildman–Crippen LogP) is 3.95. The van der Waals surface area contributed by atoms with E-state index in [1.165, 1.54) is 0 Å². The Morgan fingerprint density at radius 3 is 2.07 bits per heavy atom. The number of carbonyl (C=O) groups is 1. The second kappa shape index (κ2) is 4.92. The number of Topliss-reactive ketones (excluding diaryl/α,β-unsaturated/α-hetero) is 1. The Balaban J connectivity index is 2.90. The zero-order valence-corrected chi connectivity index (χ0v) is 9.71. The second-order valence-corrected chi connectivity index (χ2v) is 4.03. The van der Waals surface area contributed by atoms with E-state index in [0.717, 1.165) is 16.7 Å². The Labute approximate surface area is 91.8 Å². The van der Waals surface area contributed by atoms with Gasteiger partial charge >= 0.3 is 0 Å². The summed E-state index contributed by atoms with van der Waals surface area (Å²) in [6.45, 7) is 10.1. The lowest BCUT2D eigenvalue weighted by Gasteiger charge is -2.09. The molecule has 0 aliphatic carbocycles. The van der Waals surface area contributed by atoms with Gasteiger partial charge in [-0.25, -0.2) is 0 Å². The molecule has 0 radical (unpaired) electrons. The van der Waals surface area contributed by atoms with Crippen LogP contribution in [0.25, 0.3) is 5.57 Å². The van der Waals surface area contributed by atoms with Crippen molar-refractivity contribution in [3.8, 4) is 0 Å². The minimum Gasteiger partial charge on any atom is -0.294 e. The van der Waals surface area contributed by atoms with Crippen LogP contribution in [0.2, 0.25) is 0 Å². The Morgan fingerprint density at radius 2 is 1.67 bits per heavy atom. The molecule has 0 aliphatic heterocycles. The first kappa shape index (κ1) is 11.7.